The lowest BCUT2D eigenvalue weighted by Gasteiger charge is -2.31. The van der Waals surface area contributed by atoms with Crippen molar-refractivity contribution in [2.24, 2.45) is 0 Å². The van der Waals surface area contributed by atoms with Crippen LogP contribution in [0.15, 0.2) is 42.5 Å². The van der Waals surface area contributed by atoms with Gasteiger partial charge in [0.15, 0.2) is 0 Å². The minimum Gasteiger partial charge on any atom is -0.406 e. The fraction of sp³-hybridized carbons (Fsp3) is 0.350. The maximum absolute atomic E-state index is 12.3. The van der Waals surface area contributed by atoms with E-state index in [1.807, 2.05) is 23.1 Å². The van der Waals surface area contributed by atoms with Gasteiger partial charge < -0.3 is 20.7 Å². The van der Waals surface area contributed by atoms with Gasteiger partial charge in [-0.25, -0.2) is 0 Å². The number of carbonyl (C=O) groups is 1. The molecule has 3 rings (SSSR count). The first-order valence-corrected chi connectivity index (χ1v) is 9.05. The Morgan fingerprint density at radius 2 is 1.93 bits per heavy atom. The van der Waals surface area contributed by atoms with E-state index in [2.05, 4.69) is 10.1 Å². The number of rotatable bonds is 6. The summed E-state index contributed by atoms with van der Waals surface area (Å²) >= 11 is 0. The molecule has 1 aliphatic rings. The lowest BCUT2D eigenvalue weighted by molar-refractivity contribution is -0.274. The number of alkyl halides is 3. The van der Waals surface area contributed by atoms with Crippen LogP contribution in [-0.2, 0) is 17.6 Å². The van der Waals surface area contributed by atoms with Gasteiger partial charge in [-0.3, -0.25) is 4.79 Å². The third-order valence-corrected chi connectivity index (χ3v) is 4.61. The van der Waals surface area contributed by atoms with Crippen LogP contribution in [0.5, 0.6) is 5.75 Å². The van der Waals surface area contributed by atoms with Crippen molar-refractivity contribution in [3.05, 3.63) is 53.6 Å². The van der Waals surface area contributed by atoms with Crippen molar-refractivity contribution in [1.29, 1.82) is 0 Å². The molecule has 0 fully saturated rings. The monoisotopic (exact) mass is 393 g/mol. The van der Waals surface area contributed by atoms with Gasteiger partial charge in [0.25, 0.3) is 0 Å². The van der Waals surface area contributed by atoms with Crippen LogP contribution in [0.2, 0.25) is 0 Å². The van der Waals surface area contributed by atoms with E-state index in [-0.39, 0.29) is 18.2 Å². The number of ether oxygens (including phenoxy) is 1. The summed E-state index contributed by atoms with van der Waals surface area (Å²) < 4.78 is 40.3. The minimum absolute atomic E-state index is 0.104. The molecule has 2 aromatic carbocycles. The molecule has 8 heteroatoms. The van der Waals surface area contributed by atoms with Crippen LogP contribution in [0.1, 0.15) is 17.5 Å². The number of hydrogen-bond acceptors (Lipinski definition) is 4. The molecule has 1 heterocycles. The predicted molar refractivity (Wildman–Crippen MR) is 101 cm³/mol. The summed E-state index contributed by atoms with van der Waals surface area (Å²) in [5, 5.41) is 2.85. The van der Waals surface area contributed by atoms with Crippen molar-refractivity contribution in [2.75, 3.05) is 30.3 Å². The molecule has 1 aliphatic heterocycles. The van der Waals surface area contributed by atoms with Crippen LogP contribution in [0.3, 0.4) is 0 Å². The Bertz CT molecular complexity index is 822. The Morgan fingerprint density at radius 3 is 2.64 bits per heavy atom. The highest BCUT2D eigenvalue weighted by Crippen LogP contribution is 2.30. The highest BCUT2D eigenvalue weighted by molar-refractivity contribution is 5.82. The first-order chi connectivity index (χ1) is 13.3. The highest BCUT2D eigenvalue weighted by atomic mass is 19.4. The Balaban J connectivity index is 1.47. The summed E-state index contributed by atoms with van der Waals surface area (Å²) in [5.74, 6) is -0.365. The van der Waals surface area contributed by atoms with Gasteiger partial charge in [-0.05, 0) is 54.7 Å². The summed E-state index contributed by atoms with van der Waals surface area (Å²) in [5.41, 5.74) is 9.67. The van der Waals surface area contributed by atoms with Crippen LogP contribution in [0.25, 0.3) is 0 Å². The van der Waals surface area contributed by atoms with Gasteiger partial charge in [0.05, 0.1) is 6.54 Å². The third-order valence-electron chi connectivity index (χ3n) is 4.61. The second-order valence-corrected chi connectivity index (χ2v) is 6.66. The van der Waals surface area contributed by atoms with Crippen LogP contribution in [0, 0.1) is 0 Å². The highest BCUT2D eigenvalue weighted by Gasteiger charge is 2.30. The summed E-state index contributed by atoms with van der Waals surface area (Å²) in [4.78, 5) is 14.3. The number of nitrogens with one attached hydrogen (secondary N) is 1. The average molecular weight is 393 g/mol. The number of hydrogen-bond donors (Lipinski definition) is 2. The van der Waals surface area contributed by atoms with Crippen molar-refractivity contribution >= 4 is 17.3 Å². The summed E-state index contributed by atoms with van der Waals surface area (Å²) in [7, 11) is 0. The normalized spacial score (nSPS) is 13.8. The summed E-state index contributed by atoms with van der Waals surface area (Å²) in [6.07, 6.45) is -2.33. The zero-order chi connectivity index (χ0) is 20.1. The van der Waals surface area contributed by atoms with Crippen LogP contribution >= 0.6 is 0 Å². The Morgan fingerprint density at radius 1 is 1.18 bits per heavy atom. The lowest BCUT2D eigenvalue weighted by Crippen LogP contribution is -2.40. The zero-order valence-electron chi connectivity index (χ0n) is 15.3. The molecule has 5 nitrogen and oxygen atoms in total. The summed E-state index contributed by atoms with van der Waals surface area (Å²) in [6.45, 7) is 1.44. The third kappa shape index (κ3) is 5.31. The molecule has 0 atom stereocenters. The first kappa shape index (κ1) is 19.9. The molecule has 0 saturated heterocycles. The molecule has 1 amide bonds. The number of nitrogens with two attached hydrogens (primary N) is 1. The number of benzene rings is 2. The van der Waals surface area contributed by atoms with Gasteiger partial charge in [0.1, 0.15) is 5.75 Å². The van der Waals surface area contributed by atoms with Crippen molar-refractivity contribution < 1.29 is 22.7 Å². The maximum atomic E-state index is 12.3. The number of anilines is 2. The van der Waals surface area contributed by atoms with E-state index in [9.17, 15) is 18.0 Å². The zero-order valence-corrected chi connectivity index (χ0v) is 15.3. The van der Waals surface area contributed by atoms with E-state index in [1.54, 1.807) is 12.1 Å². The first-order valence-electron chi connectivity index (χ1n) is 9.05. The lowest BCUT2D eigenvalue weighted by atomic mass is 10.00. The Kier molecular flexibility index (Phi) is 5.96. The van der Waals surface area contributed by atoms with Gasteiger partial charge in [-0.1, -0.05) is 18.2 Å². The number of nitrogens with zero attached hydrogens (tertiary/aromatic N) is 1. The number of halogens is 3. The minimum atomic E-state index is -4.70. The molecule has 3 N–H and O–H groups in total. The molecule has 0 unspecified atom stereocenters. The summed E-state index contributed by atoms with van der Waals surface area (Å²) in [6, 6.07) is 11.4. The van der Waals surface area contributed by atoms with Crippen LogP contribution in [0.4, 0.5) is 24.5 Å². The van der Waals surface area contributed by atoms with E-state index in [0.29, 0.717) is 13.0 Å². The molecule has 150 valence electrons. The molecule has 0 aromatic heterocycles. The molecular weight excluding hydrogens is 371 g/mol. The number of nitrogen functional groups attached to an aromatic ring is 1. The van der Waals surface area contributed by atoms with E-state index in [1.165, 1.54) is 12.1 Å². The van der Waals surface area contributed by atoms with E-state index < -0.39 is 6.36 Å². The van der Waals surface area contributed by atoms with Crippen molar-refractivity contribution in [3.8, 4) is 5.75 Å². The smallest absolute Gasteiger partial charge is 0.406 e. The molecule has 0 spiro atoms. The van der Waals surface area contributed by atoms with Crippen LogP contribution in [-0.4, -0.2) is 31.9 Å². The quantitative estimate of drug-likeness (QED) is 0.740. The van der Waals surface area contributed by atoms with Crippen molar-refractivity contribution in [3.63, 3.8) is 0 Å². The van der Waals surface area contributed by atoms with Gasteiger partial charge >= 0.3 is 6.36 Å². The fourth-order valence-electron chi connectivity index (χ4n) is 3.33. The standard InChI is InChI=1S/C20H22F3N3O2/c21-20(22,23)28-15-8-6-14(7-9-15)10-11-25-19(27)13-26-12-2-3-16-17(24)4-1-5-18(16)26/h1,4-9H,2-3,10-13,24H2,(H,25,27). The van der Waals surface area contributed by atoms with Gasteiger partial charge in [-0.2, -0.15) is 0 Å². The van der Waals surface area contributed by atoms with Gasteiger partial charge in [-0.15, -0.1) is 13.2 Å². The molecule has 0 saturated carbocycles. The SMILES string of the molecule is Nc1cccc2c1CCCN2CC(=O)NCCc1ccc(OC(F)(F)F)cc1. The van der Waals surface area contributed by atoms with Gasteiger partial charge in [0.2, 0.25) is 5.91 Å². The molecule has 2 aromatic rings. The molecule has 0 aliphatic carbocycles. The predicted octanol–water partition coefficient (Wildman–Crippen LogP) is 3.28. The molecular formula is C20H22F3N3O2. The van der Waals surface area contributed by atoms with Crippen molar-refractivity contribution in [2.45, 2.75) is 25.6 Å². The largest absolute Gasteiger partial charge is 0.573 e. The Hall–Kier alpha value is -2.90. The van der Waals surface area contributed by atoms with Crippen LogP contribution < -0.4 is 20.7 Å². The second-order valence-electron chi connectivity index (χ2n) is 6.66. The maximum Gasteiger partial charge on any atom is 0.573 e. The van der Waals surface area contributed by atoms with E-state index >= 15 is 0 Å². The molecule has 0 radical (unpaired) electrons. The molecule has 0 bridgehead atoms. The van der Waals surface area contributed by atoms with E-state index in [4.69, 9.17) is 5.73 Å². The van der Waals surface area contributed by atoms with Gasteiger partial charge in [0, 0.05) is 24.5 Å². The average Bonchev–Trinajstić information content (AvgIpc) is 2.63. The van der Waals surface area contributed by atoms with Crippen molar-refractivity contribution in [1.82, 2.24) is 5.32 Å². The topological polar surface area (TPSA) is 67.6 Å². The number of fused-ring (bicyclic) bond motifs is 1. The second kappa shape index (κ2) is 8.41. The molecule has 28 heavy (non-hydrogen) atoms. The fourth-order valence-corrected chi connectivity index (χ4v) is 3.33. The van der Waals surface area contributed by atoms with E-state index in [0.717, 1.165) is 41.9 Å². The number of amides is 1. The number of carbonyl (C=O) groups excluding carboxylic acids is 1. The Labute approximate surface area is 161 Å².